The van der Waals surface area contributed by atoms with E-state index in [1.165, 1.54) is 30.5 Å². The van der Waals surface area contributed by atoms with Gasteiger partial charge in [-0.1, -0.05) is 11.6 Å². The minimum atomic E-state index is -0.508. The lowest BCUT2D eigenvalue weighted by molar-refractivity contribution is 0.101. The van der Waals surface area contributed by atoms with Crippen molar-refractivity contribution in [1.82, 2.24) is 20.4 Å². The second-order valence-electron chi connectivity index (χ2n) is 8.00. The zero-order chi connectivity index (χ0) is 23.4. The number of anilines is 2. The molecule has 1 unspecified atom stereocenters. The highest BCUT2D eigenvalue weighted by atomic mass is 35.5. The number of carbonyl (C=O) groups is 2. The summed E-state index contributed by atoms with van der Waals surface area (Å²) < 4.78 is 18.5. The smallest absolute Gasteiger partial charge is 0.407 e. The summed E-state index contributed by atoms with van der Waals surface area (Å²) in [5.41, 5.74) is 0.570. The molecule has 2 aliphatic heterocycles. The number of urea groups is 1. The molecule has 3 N–H and O–H groups in total. The van der Waals surface area contributed by atoms with Gasteiger partial charge in [-0.3, -0.25) is 4.79 Å². The third kappa shape index (κ3) is 5.72. The summed E-state index contributed by atoms with van der Waals surface area (Å²) in [6, 6.07) is 5.21. The first-order chi connectivity index (χ1) is 15.9. The monoisotopic (exact) mass is 478 g/mol. The molecular weight excluding hydrogens is 455 g/mol. The fourth-order valence-corrected chi connectivity index (χ4v) is 4.16. The molecule has 2 fully saturated rings. The number of H-pyrrole nitrogens is 1. The third-order valence-corrected chi connectivity index (χ3v) is 6.10. The normalized spacial score (nSPS) is 18.8. The second-order valence-corrected chi connectivity index (χ2v) is 8.38. The molecule has 2 aliphatic rings. The van der Waals surface area contributed by atoms with Gasteiger partial charge in [-0.15, -0.1) is 0 Å². The number of nitrogens with zero attached hydrogens (tertiary/aromatic N) is 3. The SMILES string of the molecule is O=C(NC1CCN(C(=O)Nc2ccc(F)cc2)CC1)OC1CCN(c2cn[nH]c(=O)c2Cl)C1. The van der Waals surface area contributed by atoms with Crippen LogP contribution in [0.4, 0.5) is 25.4 Å². The molecule has 176 valence electrons. The number of ether oxygens (including phenoxy) is 1. The number of halogens is 2. The van der Waals surface area contributed by atoms with Gasteiger partial charge >= 0.3 is 12.1 Å². The van der Waals surface area contributed by atoms with Gasteiger partial charge in [0.2, 0.25) is 0 Å². The van der Waals surface area contributed by atoms with E-state index < -0.39 is 11.7 Å². The number of likely N-dealkylation sites (tertiary alicyclic amines) is 1. The summed E-state index contributed by atoms with van der Waals surface area (Å²) in [6.07, 6.45) is 2.44. The minimum Gasteiger partial charge on any atom is -0.444 e. The first-order valence-electron chi connectivity index (χ1n) is 10.7. The number of carbonyl (C=O) groups excluding carboxylic acids is 2. The molecule has 0 aliphatic carbocycles. The Labute approximate surface area is 194 Å². The second kappa shape index (κ2) is 10.1. The summed E-state index contributed by atoms with van der Waals surface area (Å²) in [5, 5.41) is 11.7. The number of rotatable bonds is 4. The molecule has 3 heterocycles. The lowest BCUT2D eigenvalue weighted by Crippen LogP contribution is -2.48. The van der Waals surface area contributed by atoms with Crippen LogP contribution >= 0.6 is 11.6 Å². The van der Waals surface area contributed by atoms with E-state index >= 15 is 0 Å². The molecule has 0 saturated carbocycles. The number of hydrogen-bond acceptors (Lipinski definition) is 6. The number of piperidine rings is 1. The van der Waals surface area contributed by atoms with Crippen molar-refractivity contribution in [3.8, 4) is 0 Å². The number of aromatic amines is 1. The summed E-state index contributed by atoms with van der Waals surface area (Å²) in [7, 11) is 0. The largest absolute Gasteiger partial charge is 0.444 e. The number of hydrogen-bond donors (Lipinski definition) is 3. The van der Waals surface area contributed by atoms with Crippen molar-refractivity contribution in [3.63, 3.8) is 0 Å². The first kappa shape index (κ1) is 22.8. The number of benzene rings is 1. The lowest BCUT2D eigenvalue weighted by Gasteiger charge is -2.32. The van der Waals surface area contributed by atoms with E-state index in [2.05, 4.69) is 20.8 Å². The van der Waals surface area contributed by atoms with Crippen molar-refractivity contribution < 1.29 is 18.7 Å². The molecule has 1 aromatic carbocycles. The summed E-state index contributed by atoms with van der Waals surface area (Å²) in [4.78, 5) is 39.9. The van der Waals surface area contributed by atoms with Gasteiger partial charge in [0.25, 0.3) is 5.56 Å². The third-order valence-electron chi connectivity index (χ3n) is 5.74. The highest BCUT2D eigenvalue weighted by Gasteiger charge is 2.29. The van der Waals surface area contributed by atoms with E-state index in [-0.39, 0.29) is 29.0 Å². The zero-order valence-electron chi connectivity index (χ0n) is 17.7. The highest BCUT2D eigenvalue weighted by molar-refractivity contribution is 6.33. The number of aromatic nitrogens is 2. The molecule has 33 heavy (non-hydrogen) atoms. The molecule has 3 amide bonds. The quantitative estimate of drug-likeness (QED) is 0.621. The maximum absolute atomic E-state index is 13.0. The minimum absolute atomic E-state index is 0.0605. The van der Waals surface area contributed by atoms with E-state index in [1.807, 2.05) is 4.90 Å². The van der Waals surface area contributed by atoms with Crippen LogP contribution in [0.5, 0.6) is 0 Å². The Hall–Kier alpha value is -3.34. The maximum atomic E-state index is 13.0. The molecule has 2 aromatic rings. The average molecular weight is 479 g/mol. The van der Waals surface area contributed by atoms with E-state index in [4.69, 9.17) is 16.3 Å². The Balaban J connectivity index is 1.19. The predicted octanol–water partition coefficient (Wildman–Crippen LogP) is 2.56. The Morgan fingerprint density at radius 3 is 2.61 bits per heavy atom. The number of nitrogens with one attached hydrogen (secondary N) is 3. The molecule has 2 saturated heterocycles. The molecule has 12 heteroatoms. The van der Waals surface area contributed by atoms with Crippen LogP contribution in [0.3, 0.4) is 0 Å². The standard InChI is InChI=1S/C21H24ClFN6O4/c22-18-17(11-24-27-19(18)30)29-10-7-16(12-29)33-21(32)26-15-5-8-28(9-6-15)20(31)25-14-3-1-13(23)2-4-14/h1-4,11,15-16H,5-10,12H2,(H,25,31)(H,26,32)(H,27,30). The van der Waals surface area contributed by atoms with Crippen molar-refractivity contribution in [2.75, 3.05) is 36.4 Å². The Bertz CT molecular complexity index is 1060. The summed E-state index contributed by atoms with van der Waals surface area (Å²) in [6.45, 7) is 1.96. The average Bonchev–Trinajstić information content (AvgIpc) is 3.25. The van der Waals surface area contributed by atoms with Gasteiger partial charge in [-0.25, -0.2) is 19.1 Å². The molecule has 1 atom stereocenters. The zero-order valence-corrected chi connectivity index (χ0v) is 18.5. The van der Waals surface area contributed by atoms with Crippen molar-refractivity contribution in [2.45, 2.75) is 31.4 Å². The van der Waals surface area contributed by atoms with Crippen LogP contribution in [-0.4, -0.2) is 65.5 Å². The van der Waals surface area contributed by atoms with E-state index in [0.29, 0.717) is 56.8 Å². The molecule has 0 radical (unpaired) electrons. The van der Waals surface area contributed by atoms with Gasteiger partial charge in [-0.05, 0) is 37.1 Å². The van der Waals surface area contributed by atoms with Gasteiger partial charge in [0, 0.05) is 37.8 Å². The van der Waals surface area contributed by atoms with Crippen LogP contribution < -0.4 is 21.1 Å². The topological polar surface area (TPSA) is 120 Å². The molecule has 0 bridgehead atoms. The fraction of sp³-hybridized carbons (Fsp3) is 0.429. The van der Waals surface area contributed by atoms with Gasteiger partial charge in [0.15, 0.2) is 0 Å². The lowest BCUT2D eigenvalue weighted by atomic mass is 10.1. The van der Waals surface area contributed by atoms with Crippen molar-refractivity contribution >= 4 is 35.1 Å². The van der Waals surface area contributed by atoms with Gasteiger partial charge in [0.05, 0.1) is 18.4 Å². The van der Waals surface area contributed by atoms with Crippen LogP contribution in [-0.2, 0) is 4.74 Å². The van der Waals surface area contributed by atoms with Gasteiger partial charge in [-0.2, -0.15) is 5.10 Å². The highest BCUT2D eigenvalue weighted by Crippen LogP contribution is 2.26. The molecule has 0 spiro atoms. The Morgan fingerprint density at radius 2 is 1.88 bits per heavy atom. The van der Waals surface area contributed by atoms with E-state index in [1.54, 1.807) is 4.90 Å². The Kier molecular flexibility index (Phi) is 6.97. The Morgan fingerprint density at radius 1 is 1.15 bits per heavy atom. The van der Waals surface area contributed by atoms with Crippen LogP contribution in [0.2, 0.25) is 5.02 Å². The molecule has 4 rings (SSSR count). The molecular formula is C21H24ClFN6O4. The van der Waals surface area contributed by atoms with Crippen LogP contribution in [0.25, 0.3) is 0 Å². The molecule has 1 aromatic heterocycles. The fourth-order valence-electron chi connectivity index (χ4n) is 3.95. The van der Waals surface area contributed by atoms with Crippen LogP contribution in [0.15, 0.2) is 35.3 Å². The summed E-state index contributed by atoms with van der Waals surface area (Å²) >= 11 is 6.05. The van der Waals surface area contributed by atoms with Gasteiger partial charge in [0.1, 0.15) is 16.9 Å². The molecule has 10 nitrogen and oxygen atoms in total. The van der Waals surface area contributed by atoms with Crippen molar-refractivity contribution in [3.05, 3.63) is 51.7 Å². The summed E-state index contributed by atoms with van der Waals surface area (Å²) in [5.74, 6) is -0.367. The van der Waals surface area contributed by atoms with Crippen LogP contribution in [0, 0.1) is 5.82 Å². The van der Waals surface area contributed by atoms with Gasteiger partial charge < -0.3 is 25.2 Å². The maximum Gasteiger partial charge on any atom is 0.407 e. The van der Waals surface area contributed by atoms with Crippen molar-refractivity contribution in [2.24, 2.45) is 0 Å². The predicted molar refractivity (Wildman–Crippen MR) is 120 cm³/mol. The first-order valence-corrected chi connectivity index (χ1v) is 11.0. The van der Waals surface area contributed by atoms with E-state index in [0.717, 1.165) is 0 Å². The van der Waals surface area contributed by atoms with Crippen LogP contribution in [0.1, 0.15) is 19.3 Å². The number of amides is 3. The van der Waals surface area contributed by atoms with Crippen molar-refractivity contribution in [1.29, 1.82) is 0 Å². The van der Waals surface area contributed by atoms with E-state index in [9.17, 15) is 18.8 Å². The number of alkyl carbamates (subject to hydrolysis) is 1.